The summed E-state index contributed by atoms with van der Waals surface area (Å²) in [5.41, 5.74) is 0.663. The molecule has 2 rings (SSSR count). The number of halogens is 2. The zero-order valence-corrected chi connectivity index (χ0v) is 15.4. The number of hydrogen-bond acceptors (Lipinski definition) is 5. The van der Waals surface area contributed by atoms with Gasteiger partial charge in [-0.15, -0.1) is 0 Å². The van der Waals surface area contributed by atoms with Crippen LogP contribution in [0.3, 0.4) is 0 Å². The number of nitrogens with one attached hydrogen (secondary N) is 1. The molecule has 0 aliphatic rings. The molecule has 1 heterocycles. The molecule has 0 aliphatic carbocycles. The highest BCUT2D eigenvalue weighted by molar-refractivity contribution is 9.11. The number of aromatic nitrogens is 1. The zero-order valence-electron chi connectivity index (χ0n) is 10.6. The van der Waals surface area contributed by atoms with E-state index >= 15 is 0 Å². The van der Waals surface area contributed by atoms with Gasteiger partial charge in [0.2, 0.25) is 10.0 Å². The number of anilines is 1. The van der Waals surface area contributed by atoms with Crippen LogP contribution < -0.4 is 10.5 Å². The van der Waals surface area contributed by atoms with Crippen LogP contribution in [-0.2, 0) is 10.0 Å². The van der Waals surface area contributed by atoms with E-state index in [0.29, 0.717) is 10.0 Å². The summed E-state index contributed by atoms with van der Waals surface area (Å²) in [6.07, 6.45) is 0. The van der Waals surface area contributed by atoms with Gasteiger partial charge in [0.15, 0.2) is 9.34 Å². The van der Waals surface area contributed by atoms with Crippen LogP contribution in [0.15, 0.2) is 31.4 Å². The lowest BCUT2D eigenvalue weighted by Gasteiger charge is -2.04. The van der Waals surface area contributed by atoms with Crippen molar-refractivity contribution in [3.05, 3.63) is 38.4 Å². The van der Waals surface area contributed by atoms with E-state index in [1.54, 1.807) is 18.2 Å². The molecule has 0 bridgehead atoms. The van der Waals surface area contributed by atoms with E-state index in [-0.39, 0.29) is 15.0 Å². The Bertz CT molecular complexity index is 818. The molecule has 0 atom stereocenters. The lowest BCUT2D eigenvalue weighted by atomic mass is 10.2. The normalized spacial score (nSPS) is 11.4. The quantitative estimate of drug-likeness (QED) is 0.744. The third kappa shape index (κ3) is 3.89. The van der Waals surface area contributed by atoms with Crippen LogP contribution >= 0.6 is 43.2 Å². The van der Waals surface area contributed by atoms with Gasteiger partial charge in [0.1, 0.15) is 0 Å². The highest BCUT2D eigenvalue weighted by Gasteiger charge is 2.19. The summed E-state index contributed by atoms with van der Waals surface area (Å²) in [4.78, 5) is 16.1. The van der Waals surface area contributed by atoms with Crippen molar-refractivity contribution in [2.24, 2.45) is 5.14 Å². The highest BCUT2D eigenvalue weighted by atomic mass is 79.9. The molecule has 10 heteroatoms. The molecule has 0 radical (unpaired) electrons. The molecular weight excluding hydrogens is 446 g/mol. The van der Waals surface area contributed by atoms with Gasteiger partial charge in [0.25, 0.3) is 5.91 Å². The average molecular weight is 455 g/mol. The van der Waals surface area contributed by atoms with Crippen LogP contribution in [-0.4, -0.2) is 19.3 Å². The number of hydrogen-bond donors (Lipinski definition) is 2. The standard InChI is InChI=1S/C11H9Br2N3O3S2/c1-5-10(21(14,18)19)20-11(15-5)16-9(17)7-3-2-6(12)4-8(7)13/h2-4H,1H3,(H2,14,18,19)(H,15,16,17). The number of aryl methyl sites for hydroxylation is 1. The summed E-state index contributed by atoms with van der Waals surface area (Å²) in [6.45, 7) is 1.52. The maximum atomic E-state index is 12.1. The number of carbonyl (C=O) groups is 1. The lowest BCUT2D eigenvalue weighted by Crippen LogP contribution is -2.12. The molecular formula is C11H9Br2N3O3S2. The minimum atomic E-state index is -3.84. The van der Waals surface area contributed by atoms with Gasteiger partial charge in [-0.05, 0) is 41.1 Å². The fourth-order valence-electron chi connectivity index (χ4n) is 1.54. The summed E-state index contributed by atoms with van der Waals surface area (Å²) in [5, 5.41) is 7.80. The first-order chi connectivity index (χ1) is 9.68. The van der Waals surface area contributed by atoms with Crippen LogP contribution in [0.5, 0.6) is 0 Å². The van der Waals surface area contributed by atoms with Crippen molar-refractivity contribution in [2.75, 3.05) is 5.32 Å². The largest absolute Gasteiger partial charge is 0.298 e. The molecule has 21 heavy (non-hydrogen) atoms. The van der Waals surface area contributed by atoms with E-state index in [2.05, 4.69) is 42.2 Å². The lowest BCUT2D eigenvalue weighted by molar-refractivity contribution is 0.102. The van der Waals surface area contributed by atoms with E-state index < -0.39 is 15.9 Å². The highest BCUT2D eigenvalue weighted by Crippen LogP contribution is 2.27. The third-order valence-electron chi connectivity index (χ3n) is 2.41. The second kappa shape index (κ2) is 6.13. The Labute approximate surface area is 142 Å². The number of primary sulfonamides is 1. The monoisotopic (exact) mass is 453 g/mol. The molecule has 2 aromatic rings. The zero-order chi connectivity index (χ0) is 15.8. The Morgan fingerprint density at radius 3 is 2.57 bits per heavy atom. The topological polar surface area (TPSA) is 102 Å². The van der Waals surface area contributed by atoms with Gasteiger partial charge >= 0.3 is 0 Å². The van der Waals surface area contributed by atoms with Crippen LogP contribution in [0.1, 0.15) is 16.1 Å². The molecule has 0 aliphatic heterocycles. The maximum absolute atomic E-state index is 12.1. The van der Waals surface area contributed by atoms with Crippen LogP contribution in [0.2, 0.25) is 0 Å². The molecule has 3 N–H and O–H groups in total. The second-order valence-electron chi connectivity index (χ2n) is 4.02. The molecule has 0 unspecified atom stereocenters. The fraction of sp³-hybridized carbons (Fsp3) is 0.0909. The Morgan fingerprint density at radius 2 is 2.05 bits per heavy atom. The number of nitrogens with two attached hydrogens (primary N) is 1. The van der Waals surface area contributed by atoms with Crippen molar-refractivity contribution in [3.63, 3.8) is 0 Å². The summed E-state index contributed by atoms with van der Waals surface area (Å²) < 4.78 is 24.0. The Kier molecular flexibility index (Phi) is 4.83. The van der Waals surface area contributed by atoms with Crippen molar-refractivity contribution in [1.82, 2.24) is 4.98 Å². The number of nitrogens with zero attached hydrogens (tertiary/aromatic N) is 1. The first-order valence-electron chi connectivity index (χ1n) is 5.45. The summed E-state index contributed by atoms with van der Waals surface area (Å²) in [6, 6.07) is 5.09. The third-order valence-corrected chi connectivity index (χ3v) is 6.18. The number of thiazole rings is 1. The van der Waals surface area contributed by atoms with Crippen molar-refractivity contribution >= 4 is 64.3 Å². The van der Waals surface area contributed by atoms with Gasteiger partial charge in [0, 0.05) is 8.95 Å². The molecule has 1 aromatic heterocycles. The summed E-state index contributed by atoms with van der Waals surface area (Å²) >= 11 is 7.40. The molecule has 0 fully saturated rings. The number of sulfonamides is 1. The maximum Gasteiger partial charge on any atom is 0.258 e. The van der Waals surface area contributed by atoms with Crippen LogP contribution in [0, 0.1) is 6.92 Å². The van der Waals surface area contributed by atoms with Crippen molar-refractivity contribution in [3.8, 4) is 0 Å². The van der Waals surface area contributed by atoms with Gasteiger partial charge in [-0.25, -0.2) is 18.5 Å². The Hall–Kier alpha value is -0.810. The first kappa shape index (κ1) is 16.6. The summed E-state index contributed by atoms with van der Waals surface area (Å²) in [7, 11) is -3.84. The molecule has 0 saturated carbocycles. The van der Waals surface area contributed by atoms with Crippen molar-refractivity contribution in [2.45, 2.75) is 11.1 Å². The number of benzene rings is 1. The molecule has 6 nitrogen and oxygen atoms in total. The van der Waals surface area contributed by atoms with E-state index in [0.717, 1.165) is 15.8 Å². The SMILES string of the molecule is Cc1nc(NC(=O)c2ccc(Br)cc2Br)sc1S(N)(=O)=O. The van der Waals surface area contributed by atoms with Gasteiger partial charge in [-0.2, -0.15) is 0 Å². The number of amides is 1. The predicted molar refractivity (Wildman–Crippen MR) is 88.0 cm³/mol. The van der Waals surface area contributed by atoms with Gasteiger partial charge in [-0.3, -0.25) is 10.1 Å². The summed E-state index contributed by atoms with van der Waals surface area (Å²) in [5.74, 6) is -0.399. The van der Waals surface area contributed by atoms with E-state index in [9.17, 15) is 13.2 Å². The molecule has 0 spiro atoms. The molecule has 1 amide bonds. The van der Waals surface area contributed by atoms with E-state index in [1.807, 2.05) is 0 Å². The van der Waals surface area contributed by atoms with Crippen molar-refractivity contribution < 1.29 is 13.2 Å². The average Bonchev–Trinajstić information content (AvgIpc) is 2.69. The Balaban J connectivity index is 2.28. The molecule has 0 saturated heterocycles. The van der Waals surface area contributed by atoms with Gasteiger partial charge in [-0.1, -0.05) is 27.3 Å². The number of rotatable bonds is 3. The minimum Gasteiger partial charge on any atom is -0.298 e. The number of carbonyl (C=O) groups excluding carboxylic acids is 1. The van der Waals surface area contributed by atoms with Gasteiger partial charge < -0.3 is 0 Å². The Morgan fingerprint density at radius 1 is 1.38 bits per heavy atom. The second-order valence-corrected chi connectivity index (χ2v) is 8.54. The predicted octanol–water partition coefficient (Wildman–Crippen LogP) is 2.88. The smallest absolute Gasteiger partial charge is 0.258 e. The first-order valence-corrected chi connectivity index (χ1v) is 9.40. The van der Waals surface area contributed by atoms with Crippen LogP contribution in [0.25, 0.3) is 0 Å². The van der Waals surface area contributed by atoms with Crippen LogP contribution in [0.4, 0.5) is 5.13 Å². The van der Waals surface area contributed by atoms with E-state index in [1.165, 1.54) is 6.92 Å². The fourth-order valence-corrected chi connectivity index (χ4v) is 4.62. The van der Waals surface area contributed by atoms with Crippen molar-refractivity contribution in [1.29, 1.82) is 0 Å². The van der Waals surface area contributed by atoms with Gasteiger partial charge in [0.05, 0.1) is 11.3 Å². The van der Waals surface area contributed by atoms with E-state index in [4.69, 9.17) is 5.14 Å². The molecule has 112 valence electrons. The molecule has 1 aromatic carbocycles. The minimum absolute atomic E-state index is 0.0623.